The van der Waals surface area contributed by atoms with Crippen LogP contribution >= 0.6 is 11.8 Å². The zero-order valence-corrected chi connectivity index (χ0v) is 64.8. The fourth-order valence-electron chi connectivity index (χ4n) is 12.4. The fraction of sp³-hybridized carbons (Fsp3) is 0.817. The summed E-state index contributed by atoms with van der Waals surface area (Å²) in [7, 11) is 10.0. The number of aliphatic hydroxyl groups excluding tert-OH is 1. The molecule has 0 aliphatic carbocycles. The van der Waals surface area contributed by atoms with Crippen molar-refractivity contribution in [1.82, 2.24) is 60.5 Å². The Morgan fingerprint density at radius 3 is 1.51 bits per heavy atom. The van der Waals surface area contributed by atoms with Gasteiger partial charge in [-0.2, -0.15) is 0 Å². The Labute approximate surface area is 591 Å². The van der Waals surface area contributed by atoms with Gasteiger partial charge in [-0.3, -0.25) is 57.6 Å². The summed E-state index contributed by atoms with van der Waals surface area (Å²) in [4.78, 5) is 176. The van der Waals surface area contributed by atoms with E-state index in [2.05, 4.69) is 26.2 Å². The van der Waals surface area contributed by atoms with Crippen molar-refractivity contribution in [3.8, 4) is 0 Å². The van der Waals surface area contributed by atoms with Crippen LogP contribution in [0.2, 0.25) is 0 Å². The third-order valence-corrected chi connectivity index (χ3v) is 20.3. The van der Waals surface area contributed by atoms with Crippen molar-refractivity contribution in [2.45, 2.75) is 247 Å². The average molecular weight is 1410 g/mol. The number of carbonyl (C=O) groups excluding carboxylic acids is 11. The van der Waals surface area contributed by atoms with Gasteiger partial charge in [-0.1, -0.05) is 109 Å². The number of hydrogen-bond donors (Lipinski definition) is 5. The number of aliphatic hydroxyl groups is 1. The van der Waals surface area contributed by atoms with Gasteiger partial charge >= 0.3 is 0 Å². The topological polar surface area (TPSA) is 300 Å². The molecule has 2 fully saturated rings. The van der Waals surface area contributed by atoms with Gasteiger partial charge in [-0.15, -0.1) is 11.8 Å². The molecule has 0 unspecified atom stereocenters. The maximum atomic E-state index is 15.5. The Bertz CT molecular complexity index is 2640. The van der Waals surface area contributed by atoms with Crippen molar-refractivity contribution in [2.75, 3.05) is 94.5 Å². The van der Waals surface area contributed by atoms with Gasteiger partial charge in [0.1, 0.15) is 60.4 Å². The number of likely N-dealkylation sites (N-methyl/N-ethyl adjacent to an activating group) is 7. The van der Waals surface area contributed by atoms with Gasteiger partial charge in [0.2, 0.25) is 59.1 Å². The van der Waals surface area contributed by atoms with Crippen LogP contribution in [0.3, 0.4) is 0 Å². The lowest BCUT2D eigenvalue weighted by Gasteiger charge is -2.41. The third-order valence-electron chi connectivity index (χ3n) is 18.9. The first kappa shape index (κ1) is 88.2. The van der Waals surface area contributed by atoms with Crippen LogP contribution in [0.4, 0.5) is 0 Å². The second kappa shape index (κ2) is 42.4. The molecule has 5 N–H and O–H groups in total. The number of allylic oxidation sites excluding steroid dienone is 2. The van der Waals surface area contributed by atoms with E-state index < -0.39 is 155 Å². The summed E-state index contributed by atoms with van der Waals surface area (Å²) in [5.41, 5.74) is 0. The first-order valence-electron chi connectivity index (χ1n) is 35.7. The molecule has 0 aromatic rings. The van der Waals surface area contributed by atoms with Crippen molar-refractivity contribution in [3.63, 3.8) is 0 Å². The van der Waals surface area contributed by atoms with E-state index in [4.69, 9.17) is 9.47 Å². The van der Waals surface area contributed by atoms with E-state index in [1.165, 1.54) is 104 Å². The molecule has 0 aromatic carbocycles. The largest absolute Gasteiger partial charge is 0.390 e. The summed E-state index contributed by atoms with van der Waals surface area (Å²) in [5.74, 6) is -9.63. The summed E-state index contributed by atoms with van der Waals surface area (Å²) in [6.07, 6.45) is 4.17. The minimum absolute atomic E-state index is 0.0145. The van der Waals surface area contributed by atoms with E-state index in [1.54, 1.807) is 47.6 Å². The van der Waals surface area contributed by atoms with Crippen molar-refractivity contribution < 1.29 is 67.3 Å². The molecule has 26 nitrogen and oxygen atoms in total. The Hall–Kier alpha value is -5.90. The molecular formula is C71H128N12O14S. The molecule has 0 bridgehead atoms. The number of morpholine rings is 1. The molecule has 2 saturated heterocycles. The van der Waals surface area contributed by atoms with Crippen molar-refractivity contribution in [3.05, 3.63) is 12.2 Å². The minimum atomic E-state index is -1.65. The highest BCUT2D eigenvalue weighted by Gasteiger charge is 2.47. The predicted octanol–water partition coefficient (Wildman–Crippen LogP) is 4.21. The molecule has 0 radical (unpaired) electrons. The Morgan fingerprint density at radius 1 is 0.531 bits per heavy atom. The monoisotopic (exact) mass is 1400 g/mol. The molecule has 11 amide bonds. The maximum Gasteiger partial charge on any atom is 0.256 e. The number of thioether (sulfide) groups is 1. The number of ether oxygens (including phenoxy) is 2. The van der Waals surface area contributed by atoms with Gasteiger partial charge in [0, 0.05) is 62.4 Å². The smallest absolute Gasteiger partial charge is 0.256 e. The van der Waals surface area contributed by atoms with E-state index in [9.17, 15) is 24.3 Å². The molecular weight excluding hydrogens is 1280 g/mol. The quantitative estimate of drug-likeness (QED) is 0.0707. The summed E-state index contributed by atoms with van der Waals surface area (Å²) in [6, 6.07) is -12.9. The molecule has 13 atom stereocenters. The molecule has 2 rings (SSSR count). The molecule has 27 heteroatoms. The van der Waals surface area contributed by atoms with Gasteiger partial charge in [-0.25, -0.2) is 0 Å². The Balaban J connectivity index is 3.14. The van der Waals surface area contributed by atoms with Gasteiger partial charge in [0.15, 0.2) is 5.37 Å². The molecule has 0 aromatic heterocycles. The van der Waals surface area contributed by atoms with Crippen LogP contribution in [-0.4, -0.2) is 282 Å². The lowest BCUT2D eigenvalue weighted by molar-refractivity contribution is -0.157. The van der Waals surface area contributed by atoms with Crippen molar-refractivity contribution in [1.29, 1.82) is 0 Å². The summed E-state index contributed by atoms with van der Waals surface area (Å²) >= 11 is 1.17. The van der Waals surface area contributed by atoms with Crippen molar-refractivity contribution in [2.24, 2.45) is 35.5 Å². The van der Waals surface area contributed by atoms with E-state index in [0.717, 1.165) is 18.0 Å². The average Bonchev–Trinajstić information content (AvgIpc) is 0.804. The molecule has 2 aliphatic rings. The molecule has 0 saturated carbocycles. The molecule has 2 heterocycles. The van der Waals surface area contributed by atoms with Gasteiger partial charge in [0.05, 0.1) is 32.0 Å². The molecule has 2 aliphatic heterocycles. The molecule has 562 valence electrons. The van der Waals surface area contributed by atoms with E-state index in [0.29, 0.717) is 51.2 Å². The highest BCUT2D eigenvalue weighted by Crippen LogP contribution is 2.27. The van der Waals surface area contributed by atoms with Crippen LogP contribution < -0.4 is 21.3 Å². The maximum absolute atomic E-state index is 15.5. The lowest BCUT2D eigenvalue weighted by atomic mass is 9.91. The number of nitrogens with zero attached hydrogens (tertiary/aromatic N) is 8. The highest BCUT2D eigenvalue weighted by molar-refractivity contribution is 8.00. The van der Waals surface area contributed by atoms with Crippen LogP contribution in [0.1, 0.15) is 169 Å². The Morgan fingerprint density at radius 2 is 1.01 bits per heavy atom. The Kier molecular flexibility index (Phi) is 38.1. The summed E-state index contributed by atoms with van der Waals surface area (Å²) in [5, 5.41) is 22.2. The summed E-state index contributed by atoms with van der Waals surface area (Å²) < 4.78 is 11.9. The van der Waals surface area contributed by atoms with Crippen LogP contribution in [0, 0.1) is 35.5 Å². The predicted molar refractivity (Wildman–Crippen MR) is 383 cm³/mol. The molecule has 0 spiro atoms. The molecule has 98 heavy (non-hydrogen) atoms. The lowest BCUT2D eigenvalue weighted by Crippen LogP contribution is -2.64. The highest BCUT2D eigenvalue weighted by atomic mass is 32.2. The zero-order chi connectivity index (χ0) is 74.9. The minimum Gasteiger partial charge on any atom is -0.390 e. The van der Waals surface area contributed by atoms with Crippen LogP contribution in [-0.2, 0) is 62.2 Å². The van der Waals surface area contributed by atoms with Gasteiger partial charge in [-0.05, 0) is 120 Å². The second-order valence-electron chi connectivity index (χ2n) is 29.0. The standard InChI is InChI=1S/C71H128N12O14S/c1-25-29-31-47(15)59(84)58-63(88)74-51(28-4)65(90)82(24)71(98-37-30-32-83-33-35-96-36-34-83)70(95)79(21)55(41-97-50(26-2)27-3)62(87)75-56(45(11)12)68(93)76(18)52(38-42(5)6)61(86)72-48(16)60(85)73-49(17)64(89)77(19)53(39-43(7)8)66(91)78(20)54(40-44(9)10)67(92)80(22)57(46(13)14)69(94)81(58)23/h25,29,42-59,71,84H,26-28,30-41H2,1-24H3,(H,72,86)(H,73,85)(H,74,88)(H,75,87)/b29-25+/t47-,48+,49-,51+,52+,53+,54+,55+,56+,57+,58+,59-,71-/m1/s1. The first-order valence-corrected chi connectivity index (χ1v) is 36.7. The number of rotatable bonds is 23. The van der Waals surface area contributed by atoms with E-state index in [1.807, 2.05) is 68.4 Å². The van der Waals surface area contributed by atoms with E-state index >= 15 is 33.6 Å². The first-order chi connectivity index (χ1) is 45.8. The number of amides is 11. The fourth-order valence-corrected chi connectivity index (χ4v) is 13.6. The SMILES string of the molecule is C/C=C/C[C@@H](C)[C@@H](O)[C@H]1C(=O)N[C@@H](CC)C(=O)N(C)[C@H](SCCCN2CCOCC2)C(=O)N(C)[C@@H](COC(CC)CC)C(=O)N[C@@H](C(C)C)C(=O)N(C)[C@@H](CC(C)C)C(=O)N[C@@H](C)C(=O)N[C@H](C)C(=O)N(C)[C@@H](CC(C)C)C(=O)N(C)[C@@H](CC(C)C)C(=O)N(C)[C@@H](C(C)C)C(=O)N1C. The van der Waals surface area contributed by atoms with E-state index in [-0.39, 0.29) is 56.1 Å². The van der Waals surface area contributed by atoms with Crippen LogP contribution in [0.15, 0.2) is 12.2 Å². The number of carbonyl (C=O) groups is 11. The van der Waals surface area contributed by atoms with Gasteiger partial charge < -0.3 is 70.1 Å². The third kappa shape index (κ3) is 25.3. The van der Waals surface area contributed by atoms with Crippen molar-refractivity contribution >= 4 is 76.7 Å². The zero-order valence-electron chi connectivity index (χ0n) is 64.0. The number of hydrogen-bond acceptors (Lipinski definition) is 16. The van der Waals surface area contributed by atoms with Gasteiger partial charge in [0.25, 0.3) is 5.91 Å². The number of nitrogens with one attached hydrogen (secondary N) is 4. The second-order valence-corrected chi connectivity index (χ2v) is 30.2. The normalized spacial score (nSPS) is 26.8. The van der Waals surface area contributed by atoms with Crippen LogP contribution in [0.25, 0.3) is 0 Å². The van der Waals surface area contributed by atoms with Crippen LogP contribution in [0.5, 0.6) is 0 Å². The summed E-state index contributed by atoms with van der Waals surface area (Å²) in [6.45, 7) is 33.0.